The van der Waals surface area contributed by atoms with Crippen LogP contribution < -0.4 is 5.73 Å². The summed E-state index contributed by atoms with van der Waals surface area (Å²) in [5.41, 5.74) is 5.22. The largest absolute Gasteiger partial charge is 0.480 e. The van der Waals surface area contributed by atoms with Crippen molar-refractivity contribution in [2.45, 2.75) is 19.4 Å². The van der Waals surface area contributed by atoms with E-state index in [0.29, 0.717) is 13.0 Å². The first-order chi connectivity index (χ1) is 7.91. The smallest absolute Gasteiger partial charge is 0.330 e. The molecule has 0 aromatic carbocycles. The van der Waals surface area contributed by atoms with E-state index in [0.717, 1.165) is 11.5 Å². The van der Waals surface area contributed by atoms with Gasteiger partial charge in [0.1, 0.15) is 11.5 Å². The molecule has 94 valence electrons. The molecule has 6 nitrogen and oxygen atoms in total. The molecule has 3 N–H and O–H groups in total. The minimum absolute atomic E-state index is 0.368. The van der Waals surface area contributed by atoms with E-state index in [1.165, 1.54) is 11.9 Å². The number of amides is 1. The van der Waals surface area contributed by atoms with Gasteiger partial charge in [-0.25, -0.2) is 4.79 Å². The topological polar surface area (TPSA) is 96.8 Å². The molecule has 1 heterocycles. The van der Waals surface area contributed by atoms with Gasteiger partial charge in [-0.3, -0.25) is 4.79 Å². The lowest BCUT2D eigenvalue weighted by Crippen LogP contribution is -2.47. The van der Waals surface area contributed by atoms with Gasteiger partial charge in [0.2, 0.25) is 0 Å². The molecule has 1 aromatic rings. The summed E-state index contributed by atoms with van der Waals surface area (Å²) in [4.78, 5) is 23.3. The maximum absolute atomic E-state index is 11.5. The van der Waals surface area contributed by atoms with Crippen LogP contribution in [-0.4, -0.2) is 41.5 Å². The third-order valence-electron chi connectivity index (χ3n) is 2.40. The van der Waals surface area contributed by atoms with Crippen molar-refractivity contribution in [2.24, 2.45) is 5.73 Å². The lowest BCUT2D eigenvalue weighted by atomic mass is 10.2. The minimum atomic E-state index is -1.50. The van der Waals surface area contributed by atoms with Crippen LogP contribution in [0.4, 0.5) is 0 Å². The van der Waals surface area contributed by atoms with Crippen LogP contribution in [0.2, 0.25) is 0 Å². The molecule has 0 fully saturated rings. The van der Waals surface area contributed by atoms with Gasteiger partial charge in [0.25, 0.3) is 5.91 Å². The second-order valence-corrected chi connectivity index (χ2v) is 3.84. The fourth-order valence-corrected chi connectivity index (χ4v) is 1.35. The lowest BCUT2D eigenvalue weighted by Gasteiger charge is -2.18. The van der Waals surface area contributed by atoms with Crippen LogP contribution in [0, 0.1) is 6.92 Å². The number of likely N-dealkylation sites (N-methyl/N-ethyl adjacent to an activating group) is 1. The summed E-state index contributed by atoms with van der Waals surface area (Å²) in [6, 6.07) is 2.16. The first kappa shape index (κ1) is 13.2. The molecule has 1 amide bonds. The predicted octanol–water partition coefficient (Wildman–Crippen LogP) is 0.000820. The summed E-state index contributed by atoms with van der Waals surface area (Å²) in [6.45, 7) is 2.20. The van der Waals surface area contributed by atoms with Gasteiger partial charge < -0.3 is 20.2 Å². The maximum Gasteiger partial charge on any atom is 0.330 e. The van der Waals surface area contributed by atoms with Crippen molar-refractivity contribution in [3.63, 3.8) is 0 Å². The number of furan rings is 1. The second kappa shape index (κ2) is 5.49. The highest BCUT2D eigenvalue weighted by Crippen LogP contribution is 2.07. The van der Waals surface area contributed by atoms with Gasteiger partial charge in [-0.05, 0) is 19.1 Å². The molecule has 0 bridgehead atoms. The van der Waals surface area contributed by atoms with Gasteiger partial charge in [0.05, 0.1) is 0 Å². The Bertz CT molecular complexity index is 413. The van der Waals surface area contributed by atoms with E-state index in [4.69, 9.17) is 15.3 Å². The molecule has 0 aliphatic heterocycles. The molecule has 0 aliphatic carbocycles. The zero-order valence-corrected chi connectivity index (χ0v) is 9.84. The van der Waals surface area contributed by atoms with E-state index < -0.39 is 17.9 Å². The Hall–Kier alpha value is -1.82. The first-order valence-electron chi connectivity index (χ1n) is 5.20. The fourth-order valence-electron chi connectivity index (χ4n) is 1.35. The number of rotatable bonds is 5. The Kier molecular flexibility index (Phi) is 4.28. The normalized spacial score (nSPS) is 12.2. The van der Waals surface area contributed by atoms with Crippen molar-refractivity contribution in [2.75, 3.05) is 13.6 Å². The zero-order valence-electron chi connectivity index (χ0n) is 9.84. The van der Waals surface area contributed by atoms with Crippen molar-refractivity contribution in [3.05, 3.63) is 23.7 Å². The SMILES string of the molecule is Cc1ccc(CCN(C)C(=O)C(N)C(=O)O)o1. The van der Waals surface area contributed by atoms with Gasteiger partial charge in [0, 0.05) is 20.0 Å². The average molecular weight is 240 g/mol. The highest BCUT2D eigenvalue weighted by atomic mass is 16.4. The Morgan fingerprint density at radius 2 is 2.18 bits per heavy atom. The minimum Gasteiger partial charge on any atom is -0.480 e. The van der Waals surface area contributed by atoms with Crippen molar-refractivity contribution < 1.29 is 19.1 Å². The predicted molar refractivity (Wildman–Crippen MR) is 60.4 cm³/mol. The number of hydrogen-bond donors (Lipinski definition) is 2. The maximum atomic E-state index is 11.5. The number of nitrogens with two attached hydrogens (primary N) is 1. The van der Waals surface area contributed by atoms with Crippen LogP contribution in [0.5, 0.6) is 0 Å². The average Bonchev–Trinajstić information content (AvgIpc) is 2.69. The molecular weight excluding hydrogens is 224 g/mol. The number of nitrogens with zero attached hydrogens (tertiary/aromatic N) is 1. The van der Waals surface area contributed by atoms with E-state index in [1.807, 2.05) is 19.1 Å². The number of aliphatic carboxylic acids is 1. The standard InChI is InChI=1S/C11H16N2O4/c1-7-3-4-8(17-7)5-6-13(2)10(14)9(12)11(15)16/h3-4,9H,5-6,12H2,1-2H3,(H,15,16). The number of carboxylic acid groups (broad SMARTS) is 1. The van der Waals surface area contributed by atoms with Gasteiger partial charge >= 0.3 is 5.97 Å². The van der Waals surface area contributed by atoms with E-state index >= 15 is 0 Å². The van der Waals surface area contributed by atoms with E-state index in [9.17, 15) is 9.59 Å². The molecular formula is C11H16N2O4. The molecule has 0 aliphatic rings. The molecule has 1 aromatic heterocycles. The van der Waals surface area contributed by atoms with Crippen molar-refractivity contribution >= 4 is 11.9 Å². The van der Waals surface area contributed by atoms with E-state index in [1.54, 1.807) is 0 Å². The highest BCUT2D eigenvalue weighted by molar-refractivity contribution is 6.00. The van der Waals surface area contributed by atoms with E-state index in [-0.39, 0.29) is 0 Å². The third-order valence-corrected chi connectivity index (χ3v) is 2.40. The Morgan fingerprint density at radius 3 is 2.65 bits per heavy atom. The number of hydrogen-bond acceptors (Lipinski definition) is 4. The van der Waals surface area contributed by atoms with Crippen molar-refractivity contribution in [3.8, 4) is 0 Å². The molecule has 1 rings (SSSR count). The Labute approximate surface area is 99.0 Å². The van der Waals surface area contributed by atoms with Crippen LogP contribution in [-0.2, 0) is 16.0 Å². The molecule has 6 heteroatoms. The van der Waals surface area contributed by atoms with Crippen LogP contribution >= 0.6 is 0 Å². The van der Waals surface area contributed by atoms with Gasteiger partial charge in [-0.1, -0.05) is 0 Å². The van der Waals surface area contributed by atoms with Gasteiger partial charge in [-0.15, -0.1) is 0 Å². The van der Waals surface area contributed by atoms with Crippen LogP contribution in [0.3, 0.4) is 0 Å². The van der Waals surface area contributed by atoms with E-state index in [2.05, 4.69) is 0 Å². The summed E-state index contributed by atoms with van der Waals surface area (Å²) in [5.74, 6) is -0.376. The molecule has 0 radical (unpaired) electrons. The number of carbonyl (C=O) groups is 2. The summed E-state index contributed by atoms with van der Waals surface area (Å²) in [7, 11) is 1.51. The lowest BCUT2D eigenvalue weighted by molar-refractivity contribution is -0.145. The second-order valence-electron chi connectivity index (χ2n) is 3.84. The van der Waals surface area contributed by atoms with Crippen molar-refractivity contribution in [1.29, 1.82) is 0 Å². The fraction of sp³-hybridized carbons (Fsp3) is 0.455. The molecule has 0 saturated heterocycles. The molecule has 0 saturated carbocycles. The van der Waals surface area contributed by atoms with Gasteiger partial charge in [0.15, 0.2) is 6.04 Å². The summed E-state index contributed by atoms with van der Waals surface area (Å²) < 4.78 is 5.34. The van der Waals surface area contributed by atoms with Crippen LogP contribution in [0.15, 0.2) is 16.5 Å². The molecule has 1 atom stereocenters. The third kappa shape index (κ3) is 3.60. The first-order valence-corrected chi connectivity index (χ1v) is 5.20. The number of carbonyl (C=O) groups excluding carboxylic acids is 1. The highest BCUT2D eigenvalue weighted by Gasteiger charge is 2.24. The summed E-state index contributed by atoms with van der Waals surface area (Å²) >= 11 is 0. The summed E-state index contributed by atoms with van der Waals surface area (Å²) in [6.07, 6.45) is 0.530. The number of aryl methyl sites for hydroxylation is 1. The van der Waals surface area contributed by atoms with Crippen molar-refractivity contribution in [1.82, 2.24) is 4.90 Å². The van der Waals surface area contributed by atoms with Gasteiger partial charge in [-0.2, -0.15) is 0 Å². The van der Waals surface area contributed by atoms with Crippen LogP contribution in [0.25, 0.3) is 0 Å². The summed E-state index contributed by atoms with van der Waals surface area (Å²) in [5, 5.41) is 8.60. The monoisotopic (exact) mass is 240 g/mol. The molecule has 17 heavy (non-hydrogen) atoms. The number of carboxylic acids is 1. The van der Waals surface area contributed by atoms with Crippen LogP contribution in [0.1, 0.15) is 11.5 Å². The molecule has 0 spiro atoms. The molecule has 1 unspecified atom stereocenters. The zero-order chi connectivity index (χ0) is 13.0. The Balaban J connectivity index is 2.47. The Morgan fingerprint density at radius 1 is 1.53 bits per heavy atom. The quantitative estimate of drug-likeness (QED) is 0.706.